The molecule has 1 heterocycles. The molecule has 228 valence electrons. The van der Waals surface area contributed by atoms with E-state index in [1.54, 1.807) is 30.3 Å². The molecular formula is C31H44N2Na2O6S2. The molecule has 3 rings (SSSR count). The van der Waals surface area contributed by atoms with Crippen LogP contribution in [0.15, 0.2) is 52.5 Å². The Bertz CT molecular complexity index is 1450. The van der Waals surface area contributed by atoms with E-state index in [0.29, 0.717) is 24.0 Å². The van der Waals surface area contributed by atoms with Gasteiger partial charge >= 0.3 is 59.1 Å². The summed E-state index contributed by atoms with van der Waals surface area (Å²) in [5.74, 6) is 0. The first-order valence-corrected chi connectivity index (χ1v) is 17.9. The number of benzene rings is 2. The molecule has 0 aliphatic carbocycles. The fourth-order valence-electron chi connectivity index (χ4n) is 5.48. The van der Waals surface area contributed by atoms with Gasteiger partial charge in [0.1, 0.15) is 10.1 Å². The number of unbranched alkanes of at least 4 members (excludes halogenated alkanes) is 14. The average Bonchev–Trinajstić information content (AvgIpc) is 3.29. The molecule has 0 aliphatic heterocycles. The Hall–Kier alpha value is -0.270. The van der Waals surface area contributed by atoms with Gasteiger partial charge in [-0.3, -0.25) is 0 Å². The van der Waals surface area contributed by atoms with E-state index in [4.69, 9.17) is 0 Å². The fraction of sp³-hybridized carbons (Fsp3) is 0.581. The van der Waals surface area contributed by atoms with Gasteiger partial charge in [-0.25, -0.2) is 21.8 Å². The fourth-order valence-corrected chi connectivity index (χ4v) is 7.06. The quantitative estimate of drug-likeness (QED) is 0.102. The molecule has 12 heteroatoms. The standard InChI is InChI=1S/C31H46N2O6S2.2Na/c1-2-3-4-5-6-7-8-9-10-11-12-13-14-15-19-22-27-23-24-28-29(30(27)40(34,35)36)33(31(32-28)41(37,38)39)25-26-20-17-16-18-21-26;;/h16-18,20-21,23-24H,2-15,19,22,25H2,1H3,(H,34,35,36)(H,37,38,39);;/q;2*+1/p-2. The van der Waals surface area contributed by atoms with Gasteiger partial charge in [0.25, 0.3) is 0 Å². The van der Waals surface area contributed by atoms with Crippen LogP contribution in [0.5, 0.6) is 0 Å². The van der Waals surface area contributed by atoms with Gasteiger partial charge in [-0.15, -0.1) is 0 Å². The number of rotatable bonds is 20. The van der Waals surface area contributed by atoms with Crippen molar-refractivity contribution in [1.29, 1.82) is 0 Å². The normalized spacial score (nSPS) is 11.8. The van der Waals surface area contributed by atoms with E-state index in [1.807, 2.05) is 0 Å². The van der Waals surface area contributed by atoms with Crippen molar-refractivity contribution >= 4 is 31.3 Å². The van der Waals surface area contributed by atoms with Crippen LogP contribution in [-0.4, -0.2) is 35.5 Å². The van der Waals surface area contributed by atoms with Crippen molar-refractivity contribution in [2.24, 2.45) is 0 Å². The molecule has 3 aromatic rings. The first kappa shape index (κ1) is 40.8. The van der Waals surface area contributed by atoms with Gasteiger partial charge < -0.3 is 13.7 Å². The van der Waals surface area contributed by atoms with Crippen LogP contribution in [0.1, 0.15) is 114 Å². The van der Waals surface area contributed by atoms with Gasteiger partial charge in [0.15, 0.2) is 10.1 Å². The zero-order valence-electron chi connectivity index (χ0n) is 26.2. The number of nitrogens with zero attached hydrogens (tertiary/aromatic N) is 2. The van der Waals surface area contributed by atoms with Crippen molar-refractivity contribution in [2.45, 2.75) is 126 Å². The van der Waals surface area contributed by atoms with Crippen molar-refractivity contribution in [3.63, 3.8) is 0 Å². The predicted molar refractivity (Wildman–Crippen MR) is 160 cm³/mol. The maximum Gasteiger partial charge on any atom is 1.00 e. The van der Waals surface area contributed by atoms with Crippen LogP contribution in [0, 0.1) is 0 Å². The first-order chi connectivity index (χ1) is 19.6. The molecular weight excluding hydrogens is 606 g/mol. The Morgan fingerprint density at radius 2 is 1.14 bits per heavy atom. The summed E-state index contributed by atoms with van der Waals surface area (Å²) < 4.78 is 74.5. The summed E-state index contributed by atoms with van der Waals surface area (Å²) in [5, 5.41) is -0.801. The van der Waals surface area contributed by atoms with Crippen molar-refractivity contribution < 1.29 is 85.1 Å². The number of aromatic nitrogens is 2. The molecule has 0 unspecified atom stereocenters. The molecule has 0 radical (unpaired) electrons. The van der Waals surface area contributed by atoms with Gasteiger partial charge in [-0.1, -0.05) is 133 Å². The molecule has 0 atom stereocenters. The Labute approximate surface area is 302 Å². The van der Waals surface area contributed by atoms with Crippen LogP contribution in [0.2, 0.25) is 0 Å². The third kappa shape index (κ3) is 13.5. The molecule has 0 bridgehead atoms. The predicted octanol–water partition coefficient (Wildman–Crippen LogP) is 1.31. The minimum absolute atomic E-state index is 0. The maximum atomic E-state index is 12.5. The largest absolute Gasteiger partial charge is 1.00 e. The third-order valence-corrected chi connectivity index (χ3v) is 9.33. The van der Waals surface area contributed by atoms with Crippen LogP contribution in [0.4, 0.5) is 0 Å². The minimum Gasteiger partial charge on any atom is -0.744 e. The molecule has 43 heavy (non-hydrogen) atoms. The summed E-state index contributed by atoms with van der Waals surface area (Å²) in [7, 11) is -10.0. The van der Waals surface area contributed by atoms with E-state index in [-0.39, 0.29) is 76.7 Å². The molecule has 0 saturated carbocycles. The summed E-state index contributed by atoms with van der Waals surface area (Å²) >= 11 is 0. The van der Waals surface area contributed by atoms with Gasteiger partial charge in [0.2, 0.25) is 5.16 Å². The van der Waals surface area contributed by atoms with Crippen molar-refractivity contribution in [3.8, 4) is 0 Å². The Morgan fingerprint density at radius 3 is 1.60 bits per heavy atom. The second kappa shape index (κ2) is 20.8. The van der Waals surface area contributed by atoms with E-state index in [9.17, 15) is 25.9 Å². The van der Waals surface area contributed by atoms with Crippen molar-refractivity contribution in [1.82, 2.24) is 9.55 Å². The molecule has 0 fully saturated rings. The maximum absolute atomic E-state index is 12.5. The molecule has 0 spiro atoms. The second-order valence-electron chi connectivity index (χ2n) is 11.0. The van der Waals surface area contributed by atoms with Crippen LogP contribution < -0.4 is 59.1 Å². The Kier molecular flexibility index (Phi) is 19.7. The molecule has 0 N–H and O–H groups in total. The SMILES string of the molecule is CCCCCCCCCCCCCCCCCc1ccc2nc(S(=O)(=O)[O-])n(Cc3ccccc3)c2c1S(=O)(=O)[O-].[Na+].[Na+]. The van der Waals surface area contributed by atoms with Crippen molar-refractivity contribution in [2.75, 3.05) is 0 Å². The number of hydrogen-bond donors (Lipinski definition) is 0. The van der Waals surface area contributed by atoms with Gasteiger partial charge in [0.05, 0.1) is 22.5 Å². The zero-order chi connectivity index (χ0) is 29.7. The number of hydrogen-bond acceptors (Lipinski definition) is 7. The molecule has 0 amide bonds. The van der Waals surface area contributed by atoms with Gasteiger partial charge in [0, 0.05) is 0 Å². The molecule has 2 aromatic carbocycles. The smallest absolute Gasteiger partial charge is 0.744 e. The summed E-state index contributed by atoms with van der Waals surface area (Å²) in [5.41, 5.74) is 0.826. The van der Waals surface area contributed by atoms with Gasteiger partial charge in [-0.05, 0) is 30.0 Å². The van der Waals surface area contributed by atoms with E-state index in [1.165, 1.54) is 82.8 Å². The molecule has 1 aromatic heterocycles. The Balaban J connectivity index is 0.00000462. The number of imidazole rings is 1. The van der Waals surface area contributed by atoms with E-state index in [2.05, 4.69) is 11.9 Å². The summed E-state index contributed by atoms with van der Waals surface area (Å²) in [6, 6.07) is 11.7. The second-order valence-corrected chi connectivity index (χ2v) is 13.6. The first-order valence-electron chi connectivity index (χ1n) is 15.1. The summed E-state index contributed by atoms with van der Waals surface area (Å²) in [6.07, 6.45) is 18.5. The summed E-state index contributed by atoms with van der Waals surface area (Å²) in [4.78, 5) is 3.44. The topological polar surface area (TPSA) is 132 Å². The van der Waals surface area contributed by atoms with Gasteiger partial charge in [-0.2, -0.15) is 0 Å². The third-order valence-electron chi connectivity index (χ3n) is 7.62. The minimum atomic E-state index is -5.03. The number of aryl methyl sites for hydroxylation is 1. The monoisotopic (exact) mass is 650 g/mol. The van der Waals surface area contributed by atoms with Crippen LogP contribution in [-0.2, 0) is 33.2 Å². The number of fused-ring (bicyclic) bond motifs is 1. The van der Waals surface area contributed by atoms with Crippen LogP contribution >= 0.6 is 0 Å². The van der Waals surface area contributed by atoms with Crippen LogP contribution in [0.3, 0.4) is 0 Å². The summed E-state index contributed by atoms with van der Waals surface area (Å²) in [6.45, 7) is 2.13. The average molecular weight is 651 g/mol. The Morgan fingerprint density at radius 1 is 0.651 bits per heavy atom. The molecule has 0 aliphatic rings. The van der Waals surface area contributed by atoms with Crippen molar-refractivity contribution in [3.05, 3.63) is 53.6 Å². The van der Waals surface area contributed by atoms with E-state index >= 15 is 0 Å². The zero-order valence-corrected chi connectivity index (χ0v) is 31.9. The van der Waals surface area contributed by atoms with Crippen LogP contribution in [0.25, 0.3) is 11.0 Å². The molecule has 8 nitrogen and oxygen atoms in total. The molecule has 0 saturated heterocycles. The van der Waals surface area contributed by atoms with E-state index < -0.39 is 30.3 Å². The van der Waals surface area contributed by atoms with E-state index in [0.717, 1.165) is 23.8 Å².